The molecule has 2 aromatic carbocycles. The lowest BCUT2D eigenvalue weighted by Crippen LogP contribution is -2.11. The highest BCUT2D eigenvalue weighted by molar-refractivity contribution is 6.04. The Morgan fingerprint density at radius 1 is 1.11 bits per heavy atom. The van der Waals surface area contributed by atoms with Crippen LogP contribution in [-0.2, 0) is 13.1 Å². The summed E-state index contributed by atoms with van der Waals surface area (Å²) in [5.41, 5.74) is 3.10. The molecule has 8 heteroatoms. The molecule has 0 spiro atoms. The first-order valence-corrected chi connectivity index (χ1v) is 8.97. The lowest BCUT2D eigenvalue weighted by molar-refractivity contribution is 0.102. The highest BCUT2D eigenvalue weighted by Gasteiger charge is 2.12. The zero-order valence-electron chi connectivity index (χ0n) is 15.4. The highest BCUT2D eigenvalue weighted by Crippen LogP contribution is 2.18. The summed E-state index contributed by atoms with van der Waals surface area (Å²) in [5, 5.41) is 18.9. The van der Waals surface area contributed by atoms with Gasteiger partial charge < -0.3 is 5.32 Å². The van der Waals surface area contributed by atoms with Crippen molar-refractivity contribution in [2.45, 2.75) is 20.0 Å². The molecule has 0 aliphatic carbocycles. The van der Waals surface area contributed by atoms with Crippen LogP contribution in [0.15, 0.2) is 67.0 Å². The number of aryl methyl sites for hydroxylation is 1. The third kappa shape index (κ3) is 3.80. The van der Waals surface area contributed by atoms with Crippen molar-refractivity contribution in [1.82, 2.24) is 30.0 Å². The standard InChI is InChI=1S/C20H19N7O/c1-2-27-19(23-24-25-27)16-9-6-10-17(11-16)20(28)22-18-12-21-26(14-18)13-15-7-4-3-5-8-15/h3-12,14H,2,13H2,1H3,(H,22,28). The van der Waals surface area contributed by atoms with Crippen LogP contribution in [0.3, 0.4) is 0 Å². The van der Waals surface area contributed by atoms with Crippen LogP contribution in [0.2, 0.25) is 0 Å². The zero-order chi connectivity index (χ0) is 19.3. The minimum atomic E-state index is -0.211. The molecule has 0 saturated heterocycles. The Balaban J connectivity index is 1.48. The summed E-state index contributed by atoms with van der Waals surface area (Å²) in [6.45, 7) is 3.26. The number of carbonyl (C=O) groups excluding carboxylic acids is 1. The van der Waals surface area contributed by atoms with Crippen molar-refractivity contribution in [3.8, 4) is 11.4 Å². The molecule has 0 radical (unpaired) electrons. The maximum atomic E-state index is 12.7. The van der Waals surface area contributed by atoms with Crippen LogP contribution in [0.25, 0.3) is 11.4 Å². The van der Waals surface area contributed by atoms with Crippen LogP contribution in [0.1, 0.15) is 22.8 Å². The van der Waals surface area contributed by atoms with Gasteiger partial charge in [0.1, 0.15) is 0 Å². The molecule has 0 atom stereocenters. The number of aromatic nitrogens is 6. The molecule has 2 heterocycles. The average molecular weight is 373 g/mol. The number of anilines is 1. The average Bonchev–Trinajstić information content (AvgIpc) is 3.38. The molecule has 8 nitrogen and oxygen atoms in total. The normalized spacial score (nSPS) is 10.8. The summed E-state index contributed by atoms with van der Waals surface area (Å²) < 4.78 is 3.47. The monoisotopic (exact) mass is 373 g/mol. The number of amides is 1. The molecule has 0 bridgehead atoms. The molecule has 2 aromatic heterocycles. The minimum Gasteiger partial charge on any atom is -0.319 e. The van der Waals surface area contributed by atoms with E-state index < -0.39 is 0 Å². The number of nitrogens with one attached hydrogen (secondary N) is 1. The van der Waals surface area contributed by atoms with E-state index in [1.807, 2.05) is 55.6 Å². The second-order valence-electron chi connectivity index (χ2n) is 6.27. The third-order valence-corrected chi connectivity index (χ3v) is 4.29. The van der Waals surface area contributed by atoms with E-state index >= 15 is 0 Å². The molecule has 0 saturated carbocycles. The molecule has 0 fully saturated rings. The summed E-state index contributed by atoms with van der Waals surface area (Å²) in [6, 6.07) is 17.3. The van der Waals surface area contributed by atoms with E-state index in [4.69, 9.17) is 0 Å². The van der Waals surface area contributed by atoms with Crippen molar-refractivity contribution in [3.63, 3.8) is 0 Å². The zero-order valence-corrected chi connectivity index (χ0v) is 15.4. The first-order valence-electron chi connectivity index (χ1n) is 8.97. The van der Waals surface area contributed by atoms with E-state index in [0.29, 0.717) is 30.2 Å². The van der Waals surface area contributed by atoms with Gasteiger partial charge in [0.25, 0.3) is 5.91 Å². The Kier molecular flexibility index (Phi) is 4.92. The van der Waals surface area contributed by atoms with Crippen molar-refractivity contribution in [1.29, 1.82) is 0 Å². The van der Waals surface area contributed by atoms with E-state index in [9.17, 15) is 4.79 Å². The van der Waals surface area contributed by atoms with Gasteiger partial charge in [-0.15, -0.1) is 5.10 Å². The van der Waals surface area contributed by atoms with Crippen LogP contribution in [0, 0.1) is 0 Å². The van der Waals surface area contributed by atoms with Crippen molar-refractivity contribution in [3.05, 3.63) is 78.1 Å². The Morgan fingerprint density at radius 2 is 1.96 bits per heavy atom. The van der Waals surface area contributed by atoms with Gasteiger partial charge in [-0.25, -0.2) is 4.68 Å². The lowest BCUT2D eigenvalue weighted by atomic mass is 10.1. The fourth-order valence-corrected chi connectivity index (χ4v) is 2.91. The van der Waals surface area contributed by atoms with Crippen LogP contribution in [0.5, 0.6) is 0 Å². The Bertz CT molecular complexity index is 1080. The van der Waals surface area contributed by atoms with Crippen molar-refractivity contribution < 1.29 is 4.79 Å². The second-order valence-corrected chi connectivity index (χ2v) is 6.27. The minimum absolute atomic E-state index is 0.211. The fourth-order valence-electron chi connectivity index (χ4n) is 2.91. The molecule has 28 heavy (non-hydrogen) atoms. The van der Waals surface area contributed by atoms with Crippen molar-refractivity contribution in [2.24, 2.45) is 0 Å². The maximum absolute atomic E-state index is 12.7. The van der Waals surface area contributed by atoms with Gasteiger partial charge in [0.15, 0.2) is 5.82 Å². The molecule has 0 aliphatic heterocycles. The van der Waals surface area contributed by atoms with E-state index in [2.05, 4.69) is 25.9 Å². The largest absolute Gasteiger partial charge is 0.319 e. The van der Waals surface area contributed by atoms with E-state index in [1.54, 1.807) is 27.7 Å². The quantitative estimate of drug-likeness (QED) is 0.561. The van der Waals surface area contributed by atoms with Crippen molar-refractivity contribution in [2.75, 3.05) is 5.32 Å². The number of hydrogen-bond donors (Lipinski definition) is 1. The van der Waals surface area contributed by atoms with E-state index in [-0.39, 0.29) is 5.91 Å². The molecule has 0 aliphatic rings. The van der Waals surface area contributed by atoms with Crippen LogP contribution < -0.4 is 5.32 Å². The van der Waals surface area contributed by atoms with Gasteiger partial charge in [0, 0.05) is 23.9 Å². The molecule has 4 aromatic rings. The second kappa shape index (κ2) is 7.83. The Morgan fingerprint density at radius 3 is 2.79 bits per heavy atom. The predicted molar refractivity (Wildman–Crippen MR) is 105 cm³/mol. The molecule has 4 rings (SSSR count). The summed E-state index contributed by atoms with van der Waals surface area (Å²) in [5.74, 6) is 0.421. The number of carbonyl (C=O) groups is 1. The van der Waals surface area contributed by atoms with Crippen LogP contribution in [0.4, 0.5) is 5.69 Å². The number of benzene rings is 2. The summed E-state index contributed by atoms with van der Waals surface area (Å²) in [7, 11) is 0. The van der Waals surface area contributed by atoms with Gasteiger partial charge in [-0.05, 0) is 35.0 Å². The first kappa shape index (κ1) is 17.6. The Hall–Kier alpha value is -3.81. The smallest absolute Gasteiger partial charge is 0.255 e. The maximum Gasteiger partial charge on any atom is 0.255 e. The molecular formula is C20H19N7O. The third-order valence-electron chi connectivity index (χ3n) is 4.29. The summed E-state index contributed by atoms with van der Waals surface area (Å²) in [6.07, 6.45) is 3.45. The van der Waals surface area contributed by atoms with Gasteiger partial charge in [0.05, 0.1) is 18.4 Å². The van der Waals surface area contributed by atoms with Gasteiger partial charge in [-0.1, -0.05) is 42.5 Å². The molecular weight excluding hydrogens is 354 g/mol. The first-order chi connectivity index (χ1) is 13.7. The van der Waals surface area contributed by atoms with Gasteiger partial charge in [-0.3, -0.25) is 9.48 Å². The van der Waals surface area contributed by atoms with E-state index in [1.165, 1.54) is 0 Å². The summed E-state index contributed by atoms with van der Waals surface area (Å²) >= 11 is 0. The van der Waals surface area contributed by atoms with Crippen molar-refractivity contribution >= 4 is 11.6 Å². The molecule has 0 unspecified atom stereocenters. The SMILES string of the molecule is CCn1nnnc1-c1cccc(C(=O)Nc2cnn(Cc3ccccc3)c2)c1. The molecule has 140 valence electrons. The number of tetrazole rings is 1. The Labute approximate surface area is 161 Å². The van der Waals surface area contributed by atoms with Crippen LogP contribution in [-0.4, -0.2) is 35.9 Å². The molecule has 1 amide bonds. The lowest BCUT2D eigenvalue weighted by Gasteiger charge is -2.06. The molecule has 1 N–H and O–H groups in total. The van der Waals surface area contributed by atoms with Gasteiger partial charge in [0.2, 0.25) is 0 Å². The predicted octanol–water partition coefficient (Wildman–Crippen LogP) is 2.86. The number of rotatable bonds is 6. The van der Waals surface area contributed by atoms with Gasteiger partial charge in [-0.2, -0.15) is 5.10 Å². The highest BCUT2D eigenvalue weighted by atomic mass is 16.1. The number of hydrogen-bond acceptors (Lipinski definition) is 5. The van der Waals surface area contributed by atoms with Crippen LogP contribution >= 0.6 is 0 Å². The fraction of sp³-hybridized carbons (Fsp3) is 0.150. The number of nitrogens with zero attached hydrogens (tertiary/aromatic N) is 6. The van der Waals surface area contributed by atoms with E-state index in [0.717, 1.165) is 11.1 Å². The topological polar surface area (TPSA) is 90.5 Å². The summed E-state index contributed by atoms with van der Waals surface area (Å²) in [4.78, 5) is 12.7. The van der Waals surface area contributed by atoms with Gasteiger partial charge >= 0.3 is 0 Å².